The summed E-state index contributed by atoms with van der Waals surface area (Å²) in [6, 6.07) is 4.95. The standard InChI is InChI=1S/C19H25FN4O2/c1-19(26)6-9-24(12-17(19)25)15-4-7-23(8-5-15)18-21-11-13-2-3-14(20)10-16(13)22-18/h2-3,10-11,15,17,25-26H,4-9,12H2,1H3/t17-,19-/m1/s1. The largest absolute Gasteiger partial charge is 0.389 e. The van der Waals surface area contributed by atoms with E-state index < -0.39 is 11.7 Å². The summed E-state index contributed by atoms with van der Waals surface area (Å²) in [5.74, 6) is 0.351. The predicted octanol–water partition coefficient (Wildman–Crippen LogP) is 1.56. The Morgan fingerprint density at radius 1 is 1.23 bits per heavy atom. The molecule has 1 aromatic carbocycles. The molecule has 0 aliphatic carbocycles. The number of halogens is 1. The topological polar surface area (TPSA) is 72.7 Å². The van der Waals surface area contributed by atoms with E-state index in [1.54, 1.807) is 19.2 Å². The molecule has 0 bridgehead atoms. The molecule has 4 rings (SSSR count). The third-order valence-electron chi connectivity index (χ3n) is 5.83. The molecule has 2 aliphatic heterocycles. The lowest BCUT2D eigenvalue weighted by Crippen LogP contribution is -2.57. The lowest BCUT2D eigenvalue weighted by Gasteiger charge is -2.45. The van der Waals surface area contributed by atoms with Crippen molar-refractivity contribution in [3.63, 3.8) is 0 Å². The highest BCUT2D eigenvalue weighted by atomic mass is 19.1. The number of aliphatic hydroxyl groups excluding tert-OH is 1. The van der Waals surface area contributed by atoms with Gasteiger partial charge in [0.25, 0.3) is 0 Å². The second-order valence-corrected chi connectivity index (χ2v) is 7.71. The molecule has 2 atom stereocenters. The normalized spacial score (nSPS) is 28.6. The first-order valence-electron chi connectivity index (χ1n) is 9.24. The van der Waals surface area contributed by atoms with E-state index in [0.29, 0.717) is 30.5 Å². The summed E-state index contributed by atoms with van der Waals surface area (Å²) < 4.78 is 13.4. The van der Waals surface area contributed by atoms with Gasteiger partial charge < -0.3 is 15.1 Å². The molecular weight excluding hydrogens is 335 g/mol. The maximum absolute atomic E-state index is 13.4. The molecule has 0 radical (unpaired) electrons. The Hall–Kier alpha value is -1.83. The van der Waals surface area contributed by atoms with Crippen LogP contribution in [-0.2, 0) is 0 Å². The molecule has 0 saturated carbocycles. The number of likely N-dealkylation sites (tertiary alicyclic amines) is 1. The second-order valence-electron chi connectivity index (χ2n) is 7.71. The van der Waals surface area contributed by atoms with Crippen LogP contribution in [0.15, 0.2) is 24.4 Å². The number of β-amino-alcohol motifs (C(OH)–C–C–N with tert-alkyl or cyclic N) is 1. The molecule has 7 heteroatoms. The lowest BCUT2D eigenvalue weighted by atomic mass is 9.89. The smallest absolute Gasteiger partial charge is 0.225 e. The van der Waals surface area contributed by atoms with Gasteiger partial charge in [-0.3, -0.25) is 4.90 Å². The van der Waals surface area contributed by atoms with Crippen LogP contribution >= 0.6 is 0 Å². The van der Waals surface area contributed by atoms with Gasteiger partial charge in [-0.15, -0.1) is 0 Å². The predicted molar refractivity (Wildman–Crippen MR) is 97.6 cm³/mol. The fourth-order valence-corrected chi connectivity index (χ4v) is 3.95. The fourth-order valence-electron chi connectivity index (χ4n) is 3.95. The van der Waals surface area contributed by atoms with E-state index in [9.17, 15) is 14.6 Å². The van der Waals surface area contributed by atoms with Crippen molar-refractivity contribution >= 4 is 16.9 Å². The first kappa shape index (κ1) is 17.6. The number of hydrogen-bond donors (Lipinski definition) is 2. The summed E-state index contributed by atoms with van der Waals surface area (Å²) in [5.41, 5.74) is -0.357. The monoisotopic (exact) mass is 360 g/mol. The van der Waals surface area contributed by atoms with Gasteiger partial charge >= 0.3 is 0 Å². The first-order valence-corrected chi connectivity index (χ1v) is 9.24. The Morgan fingerprint density at radius 2 is 2.00 bits per heavy atom. The number of piperidine rings is 2. The third kappa shape index (κ3) is 3.39. The zero-order valence-electron chi connectivity index (χ0n) is 15.0. The molecule has 26 heavy (non-hydrogen) atoms. The summed E-state index contributed by atoms with van der Waals surface area (Å²) in [7, 11) is 0. The number of rotatable bonds is 2. The summed E-state index contributed by atoms with van der Waals surface area (Å²) in [5, 5.41) is 21.1. The molecule has 2 aromatic rings. The summed E-state index contributed by atoms with van der Waals surface area (Å²) >= 11 is 0. The molecule has 2 aliphatic rings. The van der Waals surface area contributed by atoms with Crippen molar-refractivity contribution < 1.29 is 14.6 Å². The molecule has 0 unspecified atom stereocenters. The number of aliphatic hydroxyl groups is 2. The molecule has 2 saturated heterocycles. The number of fused-ring (bicyclic) bond motifs is 1. The molecule has 6 nitrogen and oxygen atoms in total. The maximum Gasteiger partial charge on any atom is 0.225 e. The van der Waals surface area contributed by atoms with Gasteiger partial charge in [-0.25, -0.2) is 14.4 Å². The molecule has 3 heterocycles. The number of benzene rings is 1. The van der Waals surface area contributed by atoms with Gasteiger partial charge in [-0.2, -0.15) is 0 Å². The molecule has 2 N–H and O–H groups in total. The van der Waals surface area contributed by atoms with E-state index in [-0.39, 0.29) is 5.82 Å². The molecule has 0 amide bonds. The van der Waals surface area contributed by atoms with Gasteiger partial charge in [-0.1, -0.05) is 0 Å². The number of anilines is 1. The van der Waals surface area contributed by atoms with Crippen LogP contribution in [0.3, 0.4) is 0 Å². The van der Waals surface area contributed by atoms with Gasteiger partial charge in [0.05, 0.1) is 17.2 Å². The van der Waals surface area contributed by atoms with E-state index in [1.807, 2.05) is 0 Å². The van der Waals surface area contributed by atoms with Gasteiger partial charge in [-0.05, 0) is 38.3 Å². The van der Waals surface area contributed by atoms with Crippen LogP contribution in [-0.4, -0.2) is 69.0 Å². The minimum atomic E-state index is -0.981. The third-order valence-corrected chi connectivity index (χ3v) is 5.83. The molecule has 1 aromatic heterocycles. The van der Waals surface area contributed by atoms with Crippen molar-refractivity contribution in [2.45, 2.75) is 43.9 Å². The van der Waals surface area contributed by atoms with Crippen molar-refractivity contribution in [1.82, 2.24) is 14.9 Å². The van der Waals surface area contributed by atoms with Crippen molar-refractivity contribution in [2.24, 2.45) is 0 Å². The molecular formula is C19H25FN4O2. The van der Waals surface area contributed by atoms with Crippen LogP contribution in [0.1, 0.15) is 26.2 Å². The Morgan fingerprint density at radius 3 is 2.73 bits per heavy atom. The average Bonchev–Trinajstić information content (AvgIpc) is 2.63. The zero-order chi connectivity index (χ0) is 18.3. The highest BCUT2D eigenvalue weighted by Gasteiger charge is 2.39. The van der Waals surface area contributed by atoms with Crippen molar-refractivity contribution in [2.75, 3.05) is 31.1 Å². The lowest BCUT2D eigenvalue weighted by molar-refractivity contribution is -0.115. The number of aromatic nitrogens is 2. The number of hydrogen-bond acceptors (Lipinski definition) is 6. The van der Waals surface area contributed by atoms with Crippen LogP contribution < -0.4 is 4.90 Å². The minimum absolute atomic E-state index is 0.291. The van der Waals surface area contributed by atoms with Crippen LogP contribution in [0.2, 0.25) is 0 Å². The van der Waals surface area contributed by atoms with Crippen LogP contribution in [0.4, 0.5) is 10.3 Å². The summed E-state index contributed by atoms with van der Waals surface area (Å²) in [6.07, 6.45) is 3.55. The van der Waals surface area contributed by atoms with Gasteiger partial charge in [0.15, 0.2) is 0 Å². The van der Waals surface area contributed by atoms with Crippen molar-refractivity contribution in [1.29, 1.82) is 0 Å². The van der Waals surface area contributed by atoms with E-state index in [4.69, 9.17) is 0 Å². The molecule has 0 spiro atoms. The van der Waals surface area contributed by atoms with Crippen LogP contribution in [0.25, 0.3) is 10.9 Å². The van der Waals surface area contributed by atoms with Crippen LogP contribution in [0.5, 0.6) is 0 Å². The van der Waals surface area contributed by atoms with Gasteiger partial charge in [0.1, 0.15) is 5.82 Å². The first-order chi connectivity index (χ1) is 12.4. The van der Waals surface area contributed by atoms with E-state index >= 15 is 0 Å². The number of nitrogens with zero attached hydrogens (tertiary/aromatic N) is 4. The van der Waals surface area contributed by atoms with Crippen molar-refractivity contribution in [3.8, 4) is 0 Å². The van der Waals surface area contributed by atoms with E-state index in [1.165, 1.54) is 12.1 Å². The Balaban J connectivity index is 1.41. The van der Waals surface area contributed by atoms with E-state index in [0.717, 1.165) is 37.9 Å². The molecule has 140 valence electrons. The quantitative estimate of drug-likeness (QED) is 0.847. The maximum atomic E-state index is 13.4. The second kappa shape index (κ2) is 6.72. The Labute approximate surface area is 152 Å². The SMILES string of the molecule is C[C@@]1(O)CCN(C2CCN(c3ncc4ccc(F)cc4n3)CC2)C[C@H]1O. The van der Waals surface area contributed by atoms with E-state index in [2.05, 4.69) is 19.8 Å². The highest BCUT2D eigenvalue weighted by Crippen LogP contribution is 2.27. The zero-order valence-corrected chi connectivity index (χ0v) is 15.0. The Bertz CT molecular complexity index is 792. The summed E-state index contributed by atoms with van der Waals surface area (Å²) in [4.78, 5) is 13.4. The minimum Gasteiger partial charge on any atom is -0.389 e. The van der Waals surface area contributed by atoms with Crippen LogP contribution in [0, 0.1) is 5.82 Å². The highest BCUT2D eigenvalue weighted by molar-refractivity contribution is 5.78. The Kier molecular flexibility index (Phi) is 4.54. The average molecular weight is 360 g/mol. The van der Waals surface area contributed by atoms with Gasteiger partial charge in [0.2, 0.25) is 5.95 Å². The van der Waals surface area contributed by atoms with Crippen molar-refractivity contribution in [3.05, 3.63) is 30.2 Å². The van der Waals surface area contributed by atoms with Gasteiger partial charge in [0, 0.05) is 49.9 Å². The molecule has 2 fully saturated rings. The fraction of sp³-hybridized carbons (Fsp3) is 0.579. The summed E-state index contributed by atoms with van der Waals surface area (Å²) in [6.45, 7) is 4.68.